The van der Waals surface area contributed by atoms with E-state index in [1.54, 1.807) is 24.2 Å². The zero-order chi connectivity index (χ0) is 18.2. The van der Waals surface area contributed by atoms with Crippen molar-refractivity contribution in [1.82, 2.24) is 19.9 Å². The number of hydrogen-bond donors (Lipinski definition) is 1. The van der Waals surface area contributed by atoms with E-state index in [-0.39, 0.29) is 11.8 Å². The molecule has 1 N–H and O–H groups in total. The smallest absolute Gasteiger partial charge is 0.221 e. The minimum Gasteiger partial charge on any atom is -0.355 e. The average molecular weight is 366 g/mol. The van der Waals surface area contributed by atoms with Crippen LogP contribution in [0.3, 0.4) is 0 Å². The van der Waals surface area contributed by atoms with E-state index in [2.05, 4.69) is 15.3 Å². The van der Waals surface area contributed by atoms with E-state index in [9.17, 15) is 4.79 Å². The Morgan fingerprint density at radius 3 is 2.62 bits per heavy atom. The van der Waals surface area contributed by atoms with Gasteiger partial charge in [0, 0.05) is 56.0 Å². The van der Waals surface area contributed by atoms with E-state index >= 15 is 0 Å². The molecule has 134 valence electrons. The summed E-state index contributed by atoms with van der Waals surface area (Å²) in [5.41, 5.74) is 2.01. The number of nitrogens with one attached hydrogen (secondary N) is 1. The van der Waals surface area contributed by atoms with Gasteiger partial charge in [-0.25, -0.2) is 4.98 Å². The minimum atomic E-state index is -0.0420. The van der Waals surface area contributed by atoms with Crippen LogP contribution in [0.5, 0.6) is 0 Å². The van der Waals surface area contributed by atoms with Crippen LogP contribution < -0.4 is 5.32 Å². The lowest BCUT2D eigenvalue weighted by Crippen LogP contribution is -2.27. The van der Waals surface area contributed by atoms with E-state index in [4.69, 9.17) is 0 Å². The topological polar surface area (TPSA) is 59.8 Å². The number of imidazole rings is 1. The summed E-state index contributed by atoms with van der Waals surface area (Å²) < 4.78 is 1.97. The van der Waals surface area contributed by atoms with Gasteiger partial charge in [-0.15, -0.1) is 0 Å². The Morgan fingerprint density at radius 2 is 1.92 bits per heavy atom. The number of aryl methyl sites for hydroxylation is 1. The molecule has 26 heavy (non-hydrogen) atoms. The Morgan fingerprint density at radius 1 is 1.12 bits per heavy atom. The normalized spacial score (nSPS) is 11.9. The molecule has 5 nitrogen and oxygen atoms in total. The van der Waals surface area contributed by atoms with Gasteiger partial charge >= 0.3 is 0 Å². The molecule has 0 saturated carbocycles. The van der Waals surface area contributed by atoms with Crippen molar-refractivity contribution >= 4 is 17.7 Å². The summed E-state index contributed by atoms with van der Waals surface area (Å²) in [6.45, 7) is 0.611. The van der Waals surface area contributed by atoms with Crippen molar-refractivity contribution in [3.8, 4) is 0 Å². The Balaban J connectivity index is 1.56. The van der Waals surface area contributed by atoms with Crippen molar-refractivity contribution < 1.29 is 4.79 Å². The van der Waals surface area contributed by atoms with Crippen LogP contribution in [0.4, 0.5) is 0 Å². The third-order valence-corrected chi connectivity index (χ3v) is 5.13. The lowest BCUT2D eigenvalue weighted by molar-refractivity contribution is -0.121. The van der Waals surface area contributed by atoms with Gasteiger partial charge in [0.2, 0.25) is 5.91 Å². The molecule has 0 radical (unpaired) electrons. The SMILES string of the molecule is Cn1ccnc1SCCNC(=O)C[C@H](c1ccccc1)c1ccccn1. The highest BCUT2D eigenvalue weighted by atomic mass is 32.2. The molecule has 0 bridgehead atoms. The van der Waals surface area contributed by atoms with Gasteiger partial charge in [0.1, 0.15) is 0 Å². The number of carbonyl (C=O) groups excluding carboxylic acids is 1. The summed E-state index contributed by atoms with van der Waals surface area (Å²) in [6.07, 6.45) is 5.84. The van der Waals surface area contributed by atoms with Crippen molar-refractivity contribution in [3.63, 3.8) is 0 Å². The summed E-state index contributed by atoms with van der Waals surface area (Å²) in [4.78, 5) is 21.2. The first-order valence-corrected chi connectivity index (χ1v) is 9.55. The van der Waals surface area contributed by atoms with Crippen LogP contribution in [0.25, 0.3) is 0 Å². The first-order chi connectivity index (χ1) is 12.7. The Hall–Kier alpha value is -2.60. The molecule has 3 aromatic rings. The van der Waals surface area contributed by atoms with Gasteiger partial charge in [-0.1, -0.05) is 48.2 Å². The molecule has 0 aliphatic carbocycles. The van der Waals surface area contributed by atoms with Crippen molar-refractivity contribution in [3.05, 3.63) is 78.4 Å². The monoisotopic (exact) mass is 366 g/mol. The molecule has 1 aromatic carbocycles. The van der Waals surface area contributed by atoms with E-state index in [1.165, 1.54) is 0 Å². The zero-order valence-corrected chi connectivity index (χ0v) is 15.5. The number of pyridine rings is 1. The lowest BCUT2D eigenvalue weighted by atomic mass is 9.91. The number of thioether (sulfide) groups is 1. The van der Waals surface area contributed by atoms with E-state index in [1.807, 2.05) is 66.3 Å². The first kappa shape index (κ1) is 18.2. The number of aromatic nitrogens is 3. The molecule has 1 amide bonds. The van der Waals surface area contributed by atoms with Crippen LogP contribution in [0, 0.1) is 0 Å². The predicted molar refractivity (Wildman–Crippen MR) is 104 cm³/mol. The van der Waals surface area contributed by atoms with Crippen molar-refractivity contribution in [2.24, 2.45) is 7.05 Å². The van der Waals surface area contributed by atoms with Crippen LogP contribution in [0.15, 0.2) is 72.3 Å². The number of nitrogens with zero attached hydrogens (tertiary/aromatic N) is 3. The number of benzene rings is 1. The maximum Gasteiger partial charge on any atom is 0.221 e. The second kappa shape index (κ2) is 9.20. The molecule has 6 heteroatoms. The van der Waals surface area contributed by atoms with E-state index in [0.29, 0.717) is 13.0 Å². The van der Waals surface area contributed by atoms with Crippen LogP contribution in [-0.2, 0) is 11.8 Å². The number of carbonyl (C=O) groups is 1. The third kappa shape index (κ3) is 4.95. The fourth-order valence-corrected chi connectivity index (χ4v) is 3.53. The van der Waals surface area contributed by atoms with E-state index in [0.717, 1.165) is 22.2 Å². The minimum absolute atomic E-state index is 0.0324. The summed E-state index contributed by atoms with van der Waals surface area (Å²) >= 11 is 1.63. The molecule has 0 aliphatic rings. The highest BCUT2D eigenvalue weighted by Crippen LogP contribution is 2.26. The number of rotatable bonds is 8. The maximum absolute atomic E-state index is 12.5. The number of amides is 1. The predicted octanol–water partition coefficient (Wildman–Crippen LogP) is 3.25. The van der Waals surface area contributed by atoms with Crippen LogP contribution in [0.2, 0.25) is 0 Å². The van der Waals surface area contributed by atoms with Crippen molar-refractivity contribution in [2.45, 2.75) is 17.5 Å². The molecule has 2 heterocycles. The molecule has 0 fully saturated rings. The molecular formula is C20H22N4OS. The van der Waals surface area contributed by atoms with Gasteiger partial charge in [0.25, 0.3) is 0 Å². The number of hydrogen-bond acceptors (Lipinski definition) is 4. The van der Waals surface area contributed by atoms with Gasteiger partial charge in [-0.2, -0.15) is 0 Å². The second-order valence-electron chi connectivity index (χ2n) is 5.94. The van der Waals surface area contributed by atoms with Crippen LogP contribution in [0.1, 0.15) is 23.6 Å². The molecule has 0 aliphatic heterocycles. The van der Waals surface area contributed by atoms with Gasteiger partial charge in [-0.3, -0.25) is 9.78 Å². The third-order valence-electron chi connectivity index (χ3n) is 4.07. The average Bonchev–Trinajstić information content (AvgIpc) is 3.09. The molecule has 1 atom stereocenters. The molecule has 0 spiro atoms. The van der Waals surface area contributed by atoms with Gasteiger partial charge in [-0.05, 0) is 17.7 Å². The van der Waals surface area contributed by atoms with Crippen LogP contribution in [-0.4, -0.2) is 32.7 Å². The maximum atomic E-state index is 12.5. The lowest BCUT2D eigenvalue weighted by Gasteiger charge is -2.16. The molecule has 0 saturated heterocycles. The highest BCUT2D eigenvalue weighted by molar-refractivity contribution is 7.99. The van der Waals surface area contributed by atoms with Gasteiger partial charge < -0.3 is 9.88 Å². The highest BCUT2D eigenvalue weighted by Gasteiger charge is 2.19. The summed E-state index contributed by atoms with van der Waals surface area (Å²) in [5, 5.41) is 3.96. The fraction of sp³-hybridized carbons (Fsp3) is 0.250. The quantitative estimate of drug-likeness (QED) is 0.491. The van der Waals surface area contributed by atoms with Crippen LogP contribution >= 0.6 is 11.8 Å². The summed E-state index contributed by atoms with van der Waals surface area (Å²) in [6, 6.07) is 15.9. The van der Waals surface area contributed by atoms with Crippen molar-refractivity contribution in [2.75, 3.05) is 12.3 Å². The Labute approximate surface area is 157 Å². The fourth-order valence-electron chi connectivity index (χ4n) is 2.74. The largest absolute Gasteiger partial charge is 0.355 e. The first-order valence-electron chi connectivity index (χ1n) is 8.56. The standard InChI is InChI=1S/C20H22N4OS/c1-24-13-11-23-20(24)26-14-12-22-19(25)15-17(16-7-3-2-4-8-16)18-9-5-6-10-21-18/h2-11,13,17H,12,14-15H2,1H3,(H,22,25)/t17-/m1/s1. The van der Waals surface area contributed by atoms with Crippen molar-refractivity contribution in [1.29, 1.82) is 0 Å². The Kier molecular flexibility index (Phi) is 6.44. The van der Waals surface area contributed by atoms with E-state index < -0.39 is 0 Å². The Bertz CT molecular complexity index is 781. The summed E-state index contributed by atoms with van der Waals surface area (Å²) in [7, 11) is 1.96. The zero-order valence-electron chi connectivity index (χ0n) is 14.7. The second-order valence-corrected chi connectivity index (χ2v) is 7.00. The molecule has 2 aromatic heterocycles. The molecule has 3 rings (SSSR count). The van der Waals surface area contributed by atoms with Gasteiger partial charge in [0.05, 0.1) is 0 Å². The molecular weight excluding hydrogens is 344 g/mol. The molecule has 0 unspecified atom stereocenters. The van der Waals surface area contributed by atoms with Gasteiger partial charge in [0.15, 0.2) is 5.16 Å². The summed E-state index contributed by atoms with van der Waals surface area (Å²) in [5.74, 6) is 0.778.